The monoisotopic (exact) mass is 284 g/mol. The average Bonchev–Trinajstić information content (AvgIpc) is 2.42. The Morgan fingerprint density at radius 2 is 1.86 bits per heavy atom. The van der Waals surface area contributed by atoms with Crippen molar-refractivity contribution in [2.45, 2.75) is 6.92 Å². The summed E-state index contributed by atoms with van der Waals surface area (Å²) < 4.78 is 0. The van der Waals surface area contributed by atoms with E-state index in [1.807, 2.05) is 37.2 Å². The van der Waals surface area contributed by atoms with Gasteiger partial charge in [-0.05, 0) is 42.8 Å². The Kier molecular flexibility index (Phi) is 4.03. The van der Waals surface area contributed by atoms with Crippen LogP contribution in [-0.4, -0.2) is 20.0 Å². The number of nitrogens with one attached hydrogen (secondary N) is 1. The van der Waals surface area contributed by atoms with E-state index in [0.29, 0.717) is 16.9 Å². The number of nitrogens with zero attached hydrogens (tertiary/aromatic N) is 1. The molecule has 5 heteroatoms. The van der Waals surface area contributed by atoms with Crippen LogP contribution in [0.25, 0.3) is 0 Å². The number of carbonyl (C=O) groups is 1. The molecule has 0 atom stereocenters. The summed E-state index contributed by atoms with van der Waals surface area (Å²) >= 11 is 0. The van der Waals surface area contributed by atoms with Gasteiger partial charge in [-0.25, -0.2) is 0 Å². The van der Waals surface area contributed by atoms with E-state index in [0.717, 1.165) is 11.4 Å². The number of rotatable bonds is 4. The van der Waals surface area contributed by atoms with Crippen LogP contribution in [0.4, 0.5) is 22.7 Å². The van der Waals surface area contributed by atoms with E-state index in [1.165, 1.54) is 5.56 Å². The molecule has 0 fully saturated rings. The molecule has 0 aliphatic heterocycles. The maximum absolute atomic E-state index is 11.5. The van der Waals surface area contributed by atoms with Crippen molar-refractivity contribution in [2.75, 3.05) is 30.0 Å². The second-order valence-electron chi connectivity index (χ2n) is 5.19. The van der Waals surface area contributed by atoms with Gasteiger partial charge in [0.1, 0.15) is 0 Å². The van der Waals surface area contributed by atoms with E-state index < -0.39 is 5.91 Å². The molecule has 2 aromatic rings. The largest absolute Gasteiger partial charge is 0.399 e. The quantitative estimate of drug-likeness (QED) is 0.753. The molecule has 0 saturated heterocycles. The summed E-state index contributed by atoms with van der Waals surface area (Å²) in [5, 5.41) is 3.22. The molecule has 2 aromatic carbocycles. The van der Waals surface area contributed by atoms with Gasteiger partial charge < -0.3 is 21.7 Å². The van der Waals surface area contributed by atoms with E-state index in [-0.39, 0.29) is 0 Å². The van der Waals surface area contributed by atoms with Gasteiger partial charge in [0.15, 0.2) is 0 Å². The van der Waals surface area contributed by atoms with Gasteiger partial charge in [0.2, 0.25) is 0 Å². The Labute approximate surface area is 124 Å². The zero-order valence-electron chi connectivity index (χ0n) is 12.5. The fraction of sp³-hybridized carbons (Fsp3) is 0.188. The number of carbonyl (C=O) groups excluding carboxylic acids is 1. The van der Waals surface area contributed by atoms with Crippen LogP contribution in [0.1, 0.15) is 15.9 Å². The minimum atomic E-state index is -0.509. The lowest BCUT2D eigenvalue weighted by atomic mass is 10.1. The molecular formula is C16H20N4O. The third-order valence-corrected chi connectivity index (χ3v) is 3.28. The highest BCUT2D eigenvalue weighted by Crippen LogP contribution is 2.27. The lowest BCUT2D eigenvalue weighted by molar-refractivity contribution is 0.100. The topological polar surface area (TPSA) is 84.4 Å². The molecule has 5 N–H and O–H groups in total. The summed E-state index contributed by atoms with van der Waals surface area (Å²) in [5.74, 6) is -0.509. The van der Waals surface area contributed by atoms with Gasteiger partial charge in [0.25, 0.3) is 5.91 Å². The maximum Gasteiger partial charge on any atom is 0.250 e. The van der Waals surface area contributed by atoms with Crippen molar-refractivity contribution in [2.24, 2.45) is 5.73 Å². The van der Waals surface area contributed by atoms with Crippen molar-refractivity contribution in [3.63, 3.8) is 0 Å². The summed E-state index contributed by atoms with van der Waals surface area (Å²) in [6.07, 6.45) is 0. The average molecular weight is 284 g/mol. The lowest BCUT2D eigenvalue weighted by Crippen LogP contribution is -2.14. The first-order valence-corrected chi connectivity index (χ1v) is 6.63. The van der Waals surface area contributed by atoms with Gasteiger partial charge in [-0.2, -0.15) is 0 Å². The van der Waals surface area contributed by atoms with Crippen molar-refractivity contribution < 1.29 is 4.79 Å². The predicted octanol–water partition coefficient (Wildman–Crippen LogP) is 2.49. The molecule has 0 aliphatic carbocycles. The maximum atomic E-state index is 11.5. The SMILES string of the molecule is Cc1ccc(Nc2ccc(N)cc2C(N)=O)cc1N(C)C. The number of benzene rings is 2. The first kappa shape index (κ1) is 14.7. The number of aryl methyl sites for hydroxylation is 1. The second kappa shape index (κ2) is 5.75. The molecule has 0 spiro atoms. The van der Waals surface area contributed by atoms with Gasteiger partial charge in [0, 0.05) is 31.2 Å². The van der Waals surface area contributed by atoms with Crippen LogP contribution in [0.15, 0.2) is 36.4 Å². The fourth-order valence-electron chi connectivity index (χ4n) is 2.20. The minimum absolute atomic E-state index is 0.377. The van der Waals surface area contributed by atoms with Crippen LogP contribution in [0.3, 0.4) is 0 Å². The molecule has 0 aliphatic rings. The number of hydrogen-bond acceptors (Lipinski definition) is 4. The van der Waals surface area contributed by atoms with E-state index in [1.54, 1.807) is 18.2 Å². The van der Waals surface area contributed by atoms with Crippen LogP contribution in [0, 0.1) is 6.92 Å². The Balaban J connectivity index is 2.39. The molecule has 110 valence electrons. The van der Waals surface area contributed by atoms with E-state index in [2.05, 4.69) is 12.2 Å². The van der Waals surface area contributed by atoms with Crippen LogP contribution >= 0.6 is 0 Å². The van der Waals surface area contributed by atoms with Crippen molar-refractivity contribution in [3.05, 3.63) is 47.5 Å². The van der Waals surface area contributed by atoms with Crippen LogP contribution in [0.5, 0.6) is 0 Å². The van der Waals surface area contributed by atoms with E-state index in [4.69, 9.17) is 11.5 Å². The lowest BCUT2D eigenvalue weighted by Gasteiger charge is -2.18. The number of amides is 1. The van der Waals surface area contributed by atoms with Crippen LogP contribution in [0.2, 0.25) is 0 Å². The van der Waals surface area contributed by atoms with Crippen LogP contribution in [-0.2, 0) is 0 Å². The molecule has 0 unspecified atom stereocenters. The highest BCUT2D eigenvalue weighted by molar-refractivity contribution is 6.00. The van der Waals surface area contributed by atoms with E-state index in [9.17, 15) is 4.79 Å². The van der Waals surface area contributed by atoms with E-state index >= 15 is 0 Å². The number of primary amides is 1. The van der Waals surface area contributed by atoms with Crippen LogP contribution < -0.4 is 21.7 Å². The van der Waals surface area contributed by atoms with Crippen molar-refractivity contribution in [3.8, 4) is 0 Å². The molecule has 0 aromatic heterocycles. The smallest absolute Gasteiger partial charge is 0.250 e. The first-order chi connectivity index (χ1) is 9.88. The summed E-state index contributed by atoms with van der Waals surface area (Å²) in [6.45, 7) is 2.05. The molecule has 0 heterocycles. The highest BCUT2D eigenvalue weighted by Gasteiger charge is 2.10. The first-order valence-electron chi connectivity index (χ1n) is 6.63. The molecule has 21 heavy (non-hydrogen) atoms. The summed E-state index contributed by atoms with van der Waals surface area (Å²) in [5.41, 5.74) is 15.8. The highest BCUT2D eigenvalue weighted by atomic mass is 16.1. The Morgan fingerprint density at radius 1 is 1.14 bits per heavy atom. The molecule has 0 radical (unpaired) electrons. The molecular weight excluding hydrogens is 264 g/mol. The zero-order chi connectivity index (χ0) is 15.6. The summed E-state index contributed by atoms with van der Waals surface area (Å²) in [4.78, 5) is 13.6. The Bertz CT molecular complexity index is 680. The Hall–Kier alpha value is -2.69. The van der Waals surface area contributed by atoms with Gasteiger partial charge in [0.05, 0.1) is 11.3 Å². The molecule has 1 amide bonds. The van der Waals surface area contributed by atoms with Gasteiger partial charge in [-0.1, -0.05) is 6.07 Å². The molecule has 5 nitrogen and oxygen atoms in total. The second-order valence-corrected chi connectivity index (χ2v) is 5.19. The molecule has 0 saturated carbocycles. The predicted molar refractivity (Wildman–Crippen MR) is 88.2 cm³/mol. The third-order valence-electron chi connectivity index (χ3n) is 3.28. The number of anilines is 4. The molecule has 0 bridgehead atoms. The van der Waals surface area contributed by atoms with Gasteiger partial charge in [-0.15, -0.1) is 0 Å². The van der Waals surface area contributed by atoms with Gasteiger partial charge in [-0.3, -0.25) is 4.79 Å². The number of nitrogens with two attached hydrogens (primary N) is 2. The minimum Gasteiger partial charge on any atom is -0.399 e. The zero-order valence-corrected chi connectivity index (χ0v) is 12.5. The molecule has 2 rings (SSSR count). The van der Waals surface area contributed by atoms with Gasteiger partial charge >= 0.3 is 0 Å². The van der Waals surface area contributed by atoms with Crippen molar-refractivity contribution in [1.82, 2.24) is 0 Å². The van der Waals surface area contributed by atoms with Crippen molar-refractivity contribution in [1.29, 1.82) is 0 Å². The normalized spacial score (nSPS) is 10.2. The third kappa shape index (κ3) is 3.25. The number of nitrogen functional groups attached to an aromatic ring is 1. The summed E-state index contributed by atoms with van der Waals surface area (Å²) in [6, 6.07) is 11.1. The standard InChI is InChI=1S/C16H20N4O/c1-10-4-6-12(9-15(10)20(2)3)19-14-7-5-11(17)8-13(14)16(18)21/h4-9,19H,17H2,1-3H3,(H2,18,21). The fourth-order valence-corrected chi connectivity index (χ4v) is 2.20. The number of hydrogen-bond donors (Lipinski definition) is 3. The van der Waals surface area contributed by atoms with Crippen molar-refractivity contribution >= 4 is 28.7 Å². The Morgan fingerprint density at radius 3 is 2.48 bits per heavy atom. The summed E-state index contributed by atoms with van der Waals surface area (Å²) in [7, 11) is 3.98.